The van der Waals surface area contributed by atoms with Crippen LogP contribution in [0.4, 0.5) is 5.69 Å². The molecule has 0 spiro atoms. The van der Waals surface area contributed by atoms with Crippen molar-refractivity contribution in [1.82, 2.24) is 15.2 Å². The lowest BCUT2D eigenvalue weighted by Gasteiger charge is -2.59. The summed E-state index contributed by atoms with van der Waals surface area (Å²) in [7, 11) is -5.06. The quantitative estimate of drug-likeness (QED) is 0.0937. The largest absolute Gasteiger partial charge is 0.481 e. The van der Waals surface area contributed by atoms with Gasteiger partial charge in [0.25, 0.3) is 0 Å². The molecule has 2 aromatic rings. The molecule has 340 valence electrons. The number of carboxylic acid groups (broad SMARTS) is 1. The molecule has 11 atom stereocenters. The summed E-state index contributed by atoms with van der Waals surface area (Å²) in [6, 6.07) is 7.15. The number of hydrogen-bond donors (Lipinski definition) is 7. The van der Waals surface area contributed by atoms with Gasteiger partial charge in [-0.05, 0) is 86.8 Å². The number of aliphatic hydroxyl groups is 1. The molecule has 7 N–H and O–H groups in total. The molecule has 1 aromatic heterocycles. The molecule has 2 heterocycles. The summed E-state index contributed by atoms with van der Waals surface area (Å²) in [5.41, 5.74) is -0.685. The third-order valence-corrected chi connectivity index (χ3v) is 14.9. The maximum absolute atomic E-state index is 14.4. The van der Waals surface area contributed by atoms with Crippen LogP contribution >= 0.6 is 23.8 Å². The Morgan fingerprint density at radius 2 is 1.89 bits per heavy atom. The van der Waals surface area contributed by atoms with Gasteiger partial charge in [0, 0.05) is 46.8 Å². The van der Waals surface area contributed by atoms with Crippen LogP contribution < -0.4 is 16.0 Å². The Morgan fingerprint density at radius 3 is 2.60 bits per heavy atom. The van der Waals surface area contributed by atoms with E-state index in [0.29, 0.717) is 30.5 Å². The molecule has 1 aliphatic heterocycles. The van der Waals surface area contributed by atoms with E-state index < -0.39 is 97.8 Å². The Balaban J connectivity index is 1.09. The van der Waals surface area contributed by atoms with Crippen LogP contribution in [0.3, 0.4) is 0 Å². The lowest BCUT2D eigenvalue weighted by atomic mass is 9.46. The predicted octanol–water partition coefficient (Wildman–Crippen LogP) is 3.62. The lowest BCUT2D eigenvalue weighted by Crippen LogP contribution is -2.63. The number of carbonyl (C=O) groups excluding carboxylic acids is 5. The number of allylic oxidation sites excluding steroid dienone is 4. The molecular formula is C43H52BrN4O14P. The maximum atomic E-state index is 14.4. The number of aliphatic carboxylic acids is 1. The van der Waals surface area contributed by atoms with Gasteiger partial charge in [-0.25, -0.2) is 4.57 Å². The van der Waals surface area contributed by atoms with Gasteiger partial charge in [-0.1, -0.05) is 53.6 Å². The molecule has 20 heteroatoms. The molecule has 3 amide bonds. The maximum Gasteiger partial charge on any atom is 0.470 e. The summed E-state index contributed by atoms with van der Waals surface area (Å²) < 4.78 is 31.9. The minimum absolute atomic E-state index is 0.0253. The van der Waals surface area contributed by atoms with Gasteiger partial charge in [0.15, 0.2) is 23.5 Å². The highest BCUT2D eigenvalue weighted by molar-refractivity contribution is 9.09. The second kappa shape index (κ2) is 17.9. The molecule has 5 aliphatic rings. The molecule has 4 fully saturated rings. The molecule has 3 saturated carbocycles. The number of anilines is 1. The van der Waals surface area contributed by atoms with Crippen LogP contribution in [0.5, 0.6) is 0 Å². The number of rotatable bonds is 16. The molecule has 1 aromatic carbocycles. The number of alkyl halides is 1. The molecule has 0 bridgehead atoms. The highest BCUT2D eigenvalue weighted by atomic mass is 79.9. The summed E-state index contributed by atoms with van der Waals surface area (Å²) in [6.45, 7) is 4.49. The van der Waals surface area contributed by atoms with Crippen molar-refractivity contribution < 1.29 is 67.3 Å². The lowest BCUT2D eigenvalue weighted by molar-refractivity contribution is -0.200. The molecule has 18 nitrogen and oxygen atoms in total. The first-order chi connectivity index (χ1) is 29.7. The summed E-state index contributed by atoms with van der Waals surface area (Å²) in [6.07, 6.45) is 7.06. The summed E-state index contributed by atoms with van der Waals surface area (Å²) in [4.78, 5) is 94.7. The van der Waals surface area contributed by atoms with Crippen molar-refractivity contribution in [2.24, 2.45) is 28.6 Å². The Labute approximate surface area is 371 Å². The number of fused-ring (bicyclic) bond motifs is 7. The number of nitrogens with zero attached hydrogens (tertiary/aromatic N) is 1. The van der Waals surface area contributed by atoms with Crippen LogP contribution in [0, 0.1) is 28.6 Å². The SMILES string of the molecule is C[C@@H](c1cccc(NC(=O)[C@H](CCC(=O)O)NC(=O)CNC(=O)CBr)c1)n1ccc([C@@H]2O[C@@H]3C[C@H]4[C@@H]5CCC6=CC(=O)C=C[C@]6(C)[C@H]5[C@@H](O)C[C@]4(C)[C@]3(C(=O)COP(=O)(O)O)O2)c1. The Morgan fingerprint density at radius 1 is 1.13 bits per heavy atom. The van der Waals surface area contributed by atoms with Crippen LogP contribution in [0.1, 0.15) is 82.8 Å². The van der Waals surface area contributed by atoms with Crippen molar-refractivity contribution in [2.75, 3.05) is 23.8 Å². The van der Waals surface area contributed by atoms with Gasteiger partial charge in [-0.3, -0.25) is 33.3 Å². The first-order valence-electron chi connectivity index (χ1n) is 20.8. The minimum atomic E-state index is -5.06. The smallest absolute Gasteiger partial charge is 0.470 e. The van der Waals surface area contributed by atoms with Gasteiger partial charge in [0.05, 0.1) is 30.1 Å². The Bertz CT molecular complexity index is 2290. The molecule has 4 aliphatic carbocycles. The number of nitrogens with one attached hydrogen (secondary N) is 3. The minimum Gasteiger partial charge on any atom is -0.481 e. The number of phosphoric ester groups is 1. The zero-order chi connectivity index (χ0) is 45.6. The highest BCUT2D eigenvalue weighted by Crippen LogP contribution is 2.70. The van der Waals surface area contributed by atoms with Gasteiger partial charge in [0.1, 0.15) is 12.6 Å². The second-order valence-corrected chi connectivity index (χ2v) is 19.4. The van der Waals surface area contributed by atoms with E-state index in [0.717, 1.165) is 11.1 Å². The normalized spacial score (nSPS) is 31.7. The monoisotopic (exact) mass is 958 g/mol. The number of phosphoric acid groups is 1. The van der Waals surface area contributed by atoms with E-state index in [1.54, 1.807) is 48.8 Å². The molecule has 7 rings (SSSR count). The number of benzene rings is 1. The fourth-order valence-corrected chi connectivity index (χ4v) is 11.5. The average Bonchev–Trinajstić information content (AvgIpc) is 3.93. The molecule has 0 radical (unpaired) electrons. The van der Waals surface area contributed by atoms with Crippen molar-refractivity contribution in [2.45, 2.75) is 95.5 Å². The van der Waals surface area contributed by atoms with Crippen LogP contribution in [0.25, 0.3) is 0 Å². The second-order valence-electron chi connectivity index (χ2n) is 17.6. The van der Waals surface area contributed by atoms with E-state index in [4.69, 9.17) is 14.0 Å². The number of amides is 3. The molecule has 1 saturated heterocycles. The van der Waals surface area contributed by atoms with Crippen LogP contribution in [-0.2, 0) is 47.3 Å². The number of carboxylic acids is 1. The van der Waals surface area contributed by atoms with E-state index in [1.807, 2.05) is 37.5 Å². The van der Waals surface area contributed by atoms with Crippen molar-refractivity contribution in [3.63, 3.8) is 0 Å². The third kappa shape index (κ3) is 9.03. The number of halogens is 1. The fourth-order valence-electron chi connectivity index (χ4n) is 11.1. The van der Waals surface area contributed by atoms with Gasteiger partial charge >= 0.3 is 13.8 Å². The Kier molecular flexibility index (Phi) is 13.3. The number of aromatic nitrogens is 1. The number of ketones is 2. The number of aliphatic hydroxyl groups excluding tert-OH is 1. The van der Waals surface area contributed by atoms with E-state index in [1.165, 1.54) is 0 Å². The zero-order valence-electron chi connectivity index (χ0n) is 34.9. The van der Waals surface area contributed by atoms with Crippen molar-refractivity contribution in [3.8, 4) is 0 Å². The van der Waals surface area contributed by atoms with E-state index in [-0.39, 0.29) is 47.8 Å². The van der Waals surface area contributed by atoms with Crippen molar-refractivity contribution in [3.05, 3.63) is 77.7 Å². The van der Waals surface area contributed by atoms with Gasteiger partial charge < -0.3 is 50.0 Å². The number of carbonyl (C=O) groups is 6. The topological polar surface area (TPSA) is 269 Å². The summed E-state index contributed by atoms with van der Waals surface area (Å²) in [5, 5.41) is 28.9. The molecule has 63 heavy (non-hydrogen) atoms. The van der Waals surface area contributed by atoms with E-state index >= 15 is 0 Å². The van der Waals surface area contributed by atoms with E-state index in [9.17, 15) is 53.3 Å². The first-order valence-corrected chi connectivity index (χ1v) is 23.4. The number of ether oxygens (including phenoxy) is 2. The zero-order valence-corrected chi connectivity index (χ0v) is 37.4. The van der Waals surface area contributed by atoms with Crippen molar-refractivity contribution in [1.29, 1.82) is 0 Å². The van der Waals surface area contributed by atoms with Crippen LogP contribution in [0.2, 0.25) is 0 Å². The van der Waals surface area contributed by atoms with Gasteiger partial charge in [-0.15, -0.1) is 0 Å². The summed E-state index contributed by atoms with van der Waals surface area (Å²) >= 11 is 2.98. The first kappa shape index (κ1) is 46.7. The predicted molar refractivity (Wildman–Crippen MR) is 227 cm³/mol. The molecule has 0 unspecified atom stereocenters. The highest BCUT2D eigenvalue weighted by Gasteiger charge is 2.76. The van der Waals surface area contributed by atoms with Gasteiger partial charge in [0.2, 0.25) is 17.7 Å². The molecular weight excluding hydrogens is 907 g/mol. The Hall–Kier alpha value is -4.33. The van der Waals surface area contributed by atoms with Crippen LogP contribution in [-0.4, -0.2) is 102 Å². The third-order valence-electron chi connectivity index (χ3n) is 14.0. The standard InChI is InChI=1S/C43H52BrN4O14P/c1-23(24-5-4-6-27(15-24)46-39(56)31(9-10-37(54)55)47-36(53)20-45-35(52)19-44)48-14-12-25(21-48)40-61-34-17-30-29-8-7-26-16-28(49)11-13-41(26,2)38(29)32(50)18-42(30,3)43(34,62-40)33(51)22-60-63(57,58)59/h4-6,11-16,21,23,29-32,34,38,40,50H,7-10,17-20,22H2,1-3H3,(H,45,52)(H,46,56)(H,47,53)(H,54,55)(H2,57,58,59)/t23-,29-,30-,31-,32-,34+,38+,40+,41-,42-,43+/m0/s1. The number of hydrogen-bond acceptors (Lipinski definition) is 11. The van der Waals surface area contributed by atoms with Crippen molar-refractivity contribution >= 4 is 64.7 Å². The fraction of sp³-hybridized carbons (Fsp3) is 0.535. The average molecular weight is 960 g/mol. The van der Waals surface area contributed by atoms with E-state index in [2.05, 4.69) is 31.9 Å². The summed E-state index contributed by atoms with van der Waals surface area (Å²) in [5.74, 6) is -4.23. The van der Waals surface area contributed by atoms with Crippen LogP contribution in [0.15, 0.2) is 66.5 Å². The number of Topliss-reactive ketones (excluding diaryl/α,β-unsaturated/α-hetero) is 1. The van der Waals surface area contributed by atoms with Gasteiger partial charge in [-0.2, -0.15) is 0 Å².